The van der Waals surface area contributed by atoms with Gasteiger partial charge in [-0.3, -0.25) is 4.79 Å². The molecule has 0 rings (SSSR count). The quantitative estimate of drug-likeness (QED) is 0.619. The maximum atomic E-state index is 12.1. The van der Waals surface area contributed by atoms with Crippen molar-refractivity contribution >= 4 is 5.91 Å². The van der Waals surface area contributed by atoms with E-state index in [0.717, 1.165) is 0 Å². The second-order valence-electron chi connectivity index (χ2n) is 3.42. The van der Waals surface area contributed by atoms with Crippen LogP contribution in [0, 0.1) is 17.2 Å². The standard InChI is InChI=1S/C9H10F6N2O/c10-8(11,12)6(9(13,14)15)7(18)17-5-3-1-2-4-16/h6H,1-3,5H2,(H,17,18). The van der Waals surface area contributed by atoms with Crippen LogP contribution >= 0.6 is 0 Å². The highest BCUT2D eigenvalue weighted by atomic mass is 19.4. The van der Waals surface area contributed by atoms with Gasteiger partial charge in [0.25, 0.3) is 0 Å². The van der Waals surface area contributed by atoms with Gasteiger partial charge in [-0.2, -0.15) is 31.6 Å². The number of rotatable bonds is 5. The van der Waals surface area contributed by atoms with Crippen molar-refractivity contribution in [3.63, 3.8) is 0 Å². The van der Waals surface area contributed by atoms with E-state index >= 15 is 0 Å². The molecule has 1 N–H and O–H groups in total. The predicted octanol–water partition coefficient (Wildman–Crippen LogP) is 2.54. The van der Waals surface area contributed by atoms with Crippen molar-refractivity contribution < 1.29 is 31.1 Å². The first-order valence-electron chi connectivity index (χ1n) is 4.88. The van der Waals surface area contributed by atoms with E-state index in [2.05, 4.69) is 0 Å². The van der Waals surface area contributed by atoms with Crippen molar-refractivity contribution in [2.45, 2.75) is 31.6 Å². The van der Waals surface area contributed by atoms with Gasteiger partial charge in [-0.25, -0.2) is 0 Å². The van der Waals surface area contributed by atoms with Gasteiger partial charge in [0.15, 0.2) is 0 Å². The first-order valence-corrected chi connectivity index (χ1v) is 4.88. The molecule has 0 atom stereocenters. The maximum Gasteiger partial charge on any atom is 0.409 e. The molecule has 104 valence electrons. The summed E-state index contributed by atoms with van der Waals surface area (Å²) in [6, 6.07) is 1.75. The zero-order valence-electron chi connectivity index (χ0n) is 9.03. The summed E-state index contributed by atoms with van der Waals surface area (Å²) < 4.78 is 72.4. The van der Waals surface area contributed by atoms with Crippen molar-refractivity contribution in [2.75, 3.05) is 6.54 Å². The average molecular weight is 276 g/mol. The molecule has 0 aliphatic heterocycles. The summed E-state index contributed by atoms with van der Waals surface area (Å²) >= 11 is 0. The van der Waals surface area contributed by atoms with E-state index in [1.807, 2.05) is 0 Å². The molecule has 0 aliphatic rings. The lowest BCUT2D eigenvalue weighted by atomic mass is 10.1. The number of carbonyl (C=O) groups excluding carboxylic acids is 1. The monoisotopic (exact) mass is 276 g/mol. The number of nitrogens with zero attached hydrogens (tertiary/aromatic N) is 1. The van der Waals surface area contributed by atoms with Crippen molar-refractivity contribution in [3.05, 3.63) is 0 Å². The van der Waals surface area contributed by atoms with Crippen LogP contribution in [-0.4, -0.2) is 24.8 Å². The van der Waals surface area contributed by atoms with Crippen LogP contribution in [0.25, 0.3) is 0 Å². The zero-order valence-corrected chi connectivity index (χ0v) is 9.03. The summed E-state index contributed by atoms with van der Waals surface area (Å²) in [7, 11) is 0. The molecule has 3 nitrogen and oxygen atoms in total. The largest absolute Gasteiger partial charge is 0.409 e. The first kappa shape index (κ1) is 16.5. The molecule has 0 saturated carbocycles. The number of amides is 1. The van der Waals surface area contributed by atoms with E-state index in [1.54, 1.807) is 11.4 Å². The third kappa shape index (κ3) is 5.75. The molecule has 0 radical (unpaired) electrons. The maximum absolute atomic E-state index is 12.1. The molecule has 9 heteroatoms. The Morgan fingerprint density at radius 1 is 1.11 bits per heavy atom. The van der Waals surface area contributed by atoms with Gasteiger partial charge in [-0.05, 0) is 12.8 Å². The fraction of sp³-hybridized carbons (Fsp3) is 0.778. The summed E-state index contributed by atoms with van der Waals surface area (Å²) in [5.41, 5.74) is 0. The highest BCUT2D eigenvalue weighted by Gasteiger charge is 2.60. The van der Waals surface area contributed by atoms with Gasteiger partial charge >= 0.3 is 12.4 Å². The minimum Gasteiger partial charge on any atom is -0.355 e. The molecule has 0 fully saturated rings. The Balaban J connectivity index is 4.39. The lowest BCUT2D eigenvalue weighted by molar-refractivity contribution is -0.274. The van der Waals surface area contributed by atoms with Crippen LogP contribution in [0.4, 0.5) is 26.3 Å². The third-order valence-corrected chi connectivity index (χ3v) is 1.93. The van der Waals surface area contributed by atoms with Gasteiger partial charge in [-0.15, -0.1) is 0 Å². The van der Waals surface area contributed by atoms with E-state index in [9.17, 15) is 31.1 Å². The number of carbonyl (C=O) groups is 1. The molecule has 0 unspecified atom stereocenters. The number of hydrogen-bond acceptors (Lipinski definition) is 2. The Bertz CT molecular complexity index is 302. The van der Waals surface area contributed by atoms with Crippen LogP contribution < -0.4 is 5.32 Å². The van der Waals surface area contributed by atoms with Crippen LogP contribution in [0.15, 0.2) is 0 Å². The van der Waals surface area contributed by atoms with E-state index in [1.165, 1.54) is 0 Å². The highest BCUT2D eigenvalue weighted by Crippen LogP contribution is 2.39. The molecule has 0 spiro atoms. The normalized spacial score (nSPS) is 12.3. The number of nitrogens with one attached hydrogen (secondary N) is 1. The number of alkyl halides is 6. The van der Waals surface area contributed by atoms with Crippen LogP contribution in [-0.2, 0) is 4.79 Å². The SMILES string of the molecule is N#CCCCCNC(=O)C(C(F)(F)F)C(F)(F)F. The van der Waals surface area contributed by atoms with Gasteiger partial charge in [0, 0.05) is 13.0 Å². The Morgan fingerprint density at radius 3 is 2.00 bits per heavy atom. The van der Waals surface area contributed by atoms with E-state index < -0.39 is 24.2 Å². The third-order valence-electron chi connectivity index (χ3n) is 1.93. The van der Waals surface area contributed by atoms with Gasteiger partial charge < -0.3 is 5.32 Å². The van der Waals surface area contributed by atoms with Crippen molar-refractivity contribution in [3.8, 4) is 6.07 Å². The molecule has 0 saturated heterocycles. The molecule has 18 heavy (non-hydrogen) atoms. The Morgan fingerprint density at radius 2 is 1.61 bits per heavy atom. The van der Waals surface area contributed by atoms with E-state index in [0.29, 0.717) is 6.42 Å². The topological polar surface area (TPSA) is 52.9 Å². The molecule has 0 bridgehead atoms. The summed E-state index contributed by atoms with van der Waals surface area (Å²) in [5, 5.41) is 9.71. The first-order chi connectivity index (χ1) is 8.10. The van der Waals surface area contributed by atoms with Crippen molar-refractivity contribution in [1.29, 1.82) is 5.26 Å². The Kier molecular flexibility index (Phi) is 5.94. The van der Waals surface area contributed by atoms with E-state index in [4.69, 9.17) is 5.26 Å². The highest BCUT2D eigenvalue weighted by molar-refractivity contribution is 5.80. The second kappa shape index (κ2) is 6.47. The van der Waals surface area contributed by atoms with Crippen LogP contribution in [0.5, 0.6) is 0 Å². The molecule has 0 heterocycles. The Hall–Kier alpha value is -1.46. The van der Waals surface area contributed by atoms with Gasteiger partial charge in [-0.1, -0.05) is 0 Å². The molecular formula is C9H10F6N2O. The smallest absolute Gasteiger partial charge is 0.355 e. The number of unbranched alkanes of at least 4 members (excludes halogenated alkanes) is 2. The number of hydrogen-bond donors (Lipinski definition) is 1. The minimum atomic E-state index is -5.67. The fourth-order valence-corrected chi connectivity index (χ4v) is 1.13. The molecular weight excluding hydrogens is 266 g/mol. The summed E-state index contributed by atoms with van der Waals surface area (Å²) in [6.07, 6.45) is -10.8. The molecule has 0 aromatic heterocycles. The van der Waals surface area contributed by atoms with Gasteiger partial charge in [0.1, 0.15) is 0 Å². The predicted molar refractivity (Wildman–Crippen MR) is 48.1 cm³/mol. The van der Waals surface area contributed by atoms with Crippen LogP contribution in [0.1, 0.15) is 19.3 Å². The van der Waals surface area contributed by atoms with E-state index in [-0.39, 0.29) is 19.4 Å². The van der Waals surface area contributed by atoms with Crippen molar-refractivity contribution in [1.82, 2.24) is 5.32 Å². The summed E-state index contributed by atoms with van der Waals surface area (Å²) in [4.78, 5) is 10.9. The summed E-state index contributed by atoms with van der Waals surface area (Å²) in [6.45, 7) is -0.330. The number of nitriles is 1. The van der Waals surface area contributed by atoms with Crippen molar-refractivity contribution in [2.24, 2.45) is 5.92 Å². The van der Waals surface area contributed by atoms with Gasteiger partial charge in [0.05, 0.1) is 6.07 Å². The molecule has 1 amide bonds. The fourth-order valence-electron chi connectivity index (χ4n) is 1.13. The minimum absolute atomic E-state index is 0.123. The summed E-state index contributed by atoms with van der Waals surface area (Å²) in [5.74, 6) is -6.13. The Labute approximate surface area is 98.8 Å². The van der Waals surface area contributed by atoms with Crippen LogP contribution in [0.3, 0.4) is 0 Å². The zero-order chi connectivity index (χ0) is 14.4. The second-order valence-corrected chi connectivity index (χ2v) is 3.42. The molecule has 0 aromatic carbocycles. The van der Waals surface area contributed by atoms with Crippen LogP contribution in [0.2, 0.25) is 0 Å². The lowest BCUT2D eigenvalue weighted by Gasteiger charge is -2.21. The van der Waals surface area contributed by atoms with Gasteiger partial charge in [0.2, 0.25) is 11.8 Å². The molecule has 0 aliphatic carbocycles. The molecule has 0 aromatic rings. The lowest BCUT2D eigenvalue weighted by Crippen LogP contribution is -2.48. The average Bonchev–Trinajstić information content (AvgIpc) is 2.12. The number of halogens is 6.